The number of rotatable bonds is 4. The van der Waals surface area contributed by atoms with E-state index in [1.165, 1.54) is 0 Å². The Labute approximate surface area is 192 Å². The van der Waals surface area contributed by atoms with Crippen molar-refractivity contribution in [2.75, 3.05) is 5.32 Å². The number of carbonyl (C=O) groups is 1. The molecule has 1 aliphatic rings. The van der Waals surface area contributed by atoms with E-state index in [-0.39, 0.29) is 37.2 Å². The number of alkyl halides is 6. The summed E-state index contributed by atoms with van der Waals surface area (Å²) in [5.41, 5.74) is -3.05. The van der Waals surface area contributed by atoms with Gasteiger partial charge in [-0.3, -0.25) is 4.79 Å². The lowest BCUT2D eigenvalue weighted by atomic mass is 9.90. The van der Waals surface area contributed by atoms with Crippen molar-refractivity contribution in [3.63, 3.8) is 0 Å². The Bertz CT molecular complexity index is 896. The molecule has 0 spiro atoms. The first-order chi connectivity index (χ1) is 14.4. The van der Waals surface area contributed by atoms with Crippen molar-refractivity contribution < 1.29 is 31.1 Å². The van der Waals surface area contributed by atoms with Crippen LogP contribution >= 0.6 is 25.1 Å². The number of pyridine rings is 1. The molecule has 0 saturated heterocycles. The smallest absolute Gasteiger partial charge is 0.382 e. The van der Waals surface area contributed by atoms with Crippen molar-refractivity contribution in [1.29, 1.82) is 0 Å². The van der Waals surface area contributed by atoms with Gasteiger partial charge < -0.3 is 10.6 Å². The van der Waals surface area contributed by atoms with Gasteiger partial charge in [-0.15, -0.1) is 0 Å². The molecule has 32 heavy (non-hydrogen) atoms. The Hall–Kier alpha value is -2.14. The molecule has 1 heterocycles. The van der Waals surface area contributed by atoms with E-state index < -0.39 is 23.7 Å². The molecule has 1 aliphatic carbocycles. The Kier molecular flexibility index (Phi) is 8.33. The van der Waals surface area contributed by atoms with Crippen molar-refractivity contribution in [2.45, 2.75) is 50.1 Å². The molecule has 1 amide bonds. The molecule has 0 unspecified atom stereocenters. The van der Waals surface area contributed by atoms with Crippen LogP contribution < -0.4 is 10.6 Å². The average molecular weight is 500 g/mol. The normalized spacial score (nSPS) is 19.1. The van der Waals surface area contributed by atoms with Gasteiger partial charge in [-0.25, -0.2) is 4.98 Å². The molecule has 0 atom stereocenters. The van der Waals surface area contributed by atoms with Gasteiger partial charge in [0.25, 0.3) is 5.91 Å². The van der Waals surface area contributed by atoms with Crippen LogP contribution in [0.25, 0.3) is 0 Å². The fraction of sp³-hybridized carbons (Fsp3) is 0.400. The number of nitrogens with zero attached hydrogens (tertiary/aromatic N) is 1. The second-order valence-electron chi connectivity index (χ2n) is 7.30. The summed E-state index contributed by atoms with van der Waals surface area (Å²) in [5.74, 6) is -0.271. The monoisotopic (exact) mass is 499 g/mol. The average Bonchev–Trinajstić information content (AvgIpc) is 2.68. The van der Waals surface area contributed by atoms with E-state index in [9.17, 15) is 31.1 Å². The number of hydrogen-bond donors (Lipinski definition) is 2. The highest BCUT2D eigenvalue weighted by Crippen LogP contribution is 2.35. The van der Waals surface area contributed by atoms with Gasteiger partial charge in [-0.1, -0.05) is 11.6 Å². The SMILES string of the molecule is O=C(NC1CCC(Nc2cc(C(F)(F)F)nc(C(F)(F)F)c2)CC1)c1ccc(Cl)cc1.S. The first kappa shape index (κ1) is 26.1. The van der Waals surface area contributed by atoms with Gasteiger partial charge >= 0.3 is 12.4 Å². The molecular formula is C20H20ClF6N3OS. The Morgan fingerprint density at radius 1 is 0.875 bits per heavy atom. The first-order valence-corrected chi connectivity index (χ1v) is 9.79. The van der Waals surface area contributed by atoms with Crippen molar-refractivity contribution in [3.05, 3.63) is 58.4 Å². The summed E-state index contributed by atoms with van der Waals surface area (Å²) in [4.78, 5) is 15.0. The molecule has 1 saturated carbocycles. The molecular weight excluding hydrogens is 480 g/mol. The van der Waals surface area contributed by atoms with Crippen molar-refractivity contribution in [3.8, 4) is 0 Å². The van der Waals surface area contributed by atoms with Gasteiger partial charge in [0, 0.05) is 28.4 Å². The first-order valence-electron chi connectivity index (χ1n) is 9.41. The maximum atomic E-state index is 12.9. The lowest BCUT2D eigenvalue weighted by Gasteiger charge is -2.30. The molecule has 0 bridgehead atoms. The van der Waals surface area contributed by atoms with Crippen molar-refractivity contribution >= 4 is 36.7 Å². The van der Waals surface area contributed by atoms with Crippen LogP contribution in [0, 0.1) is 0 Å². The second kappa shape index (κ2) is 10.2. The molecule has 176 valence electrons. The van der Waals surface area contributed by atoms with E-state index in [4.69, 9.17) is 11.6 Å². The lowest BCUT2D eigenvalue weighted by molar-refractivity contribution is -0.150. The van der Waals surface area contributed by atoms with Gasteiger partial charge in [-0.2, -0.15) is 39.8 Å². The molecule has 2 N–H and O–H groups in total. The Morgan fingerprint density at radius 2 is 1.34 bits per heavy atom. The third-order valence-corrected chi connectivity index (χ3v) is 5.20. The number of carbonyl (C=O) groups excluding carboxylic acids is 1. The quantitative estimate of drug-likeness (QED) is 0.504. The van der Waals surface area contributed by atoms with E-state index in [1.54, 1.807) is 24.3 Å². The highest BCUT2D eigenvalue weighted by Gasteiger charge is 2.39. The van der Waals surface area contributed by atoms with E-state index in [1.807, 2.05) is 0 Å². The standard InChI is InChI=1S/C20H18ClF6N3O.H2S/c21-12-3-1-11(2-4-12)18(31)29-14-7-5-13(6-8-14)28-15-9-16(19(22,23)24)30-17(10-15)20(25,26)27;/h1-4,9-10,13-14H,5-8H2,(H,28,30)(H,29,31);1H2. The number of halogens is 7. The summed E-state index contributed by atoms with van der Waals surface area (Å²) >= 11 is 5.79. The Balaban J connectivity index is 0.00000363. The van der Waals surface area contributed by atoms with Crippen LogP contribution in [0.3, 0.4) is 0 Å². The zero-order valence-electron chi connectivity index (χ0n) is 16.4. The second-order valence-corrected chi connectivity index (χ2v) is 7.73. The maximum Gasteiger partial charge on any atom is 0.433 e. The molecule has 0 aliphatic heterocycles. The number of anilines is 1. The summed E-state index contributed by atoms with van der Waals surface area (Å²) in [7, 11) is 0. The van der Waals surface area contributed by atoms with Crippen molar-refractivity contribution in [1.82, 2.24) is 10.3 Å². The van der Waals surface area contributed by atoms with Gasteiger partial charge in [0.05, 0.1) is 0 Å². The van der Waals surface area contributed by atoms with Crippen LogP contribution in [0.4, 0.5) is 32.0 Å². The fourth-order valence-electron chi connectivity index (χ4n) is 3.39. The molecule has 1 aromatic carbocycles. The molecule has 4 nitrogen and oxygen atoms in total. The van der Waals surface area contributed by atoms with Crippen LogP contribution in [0.1, 0.15) is 47.4 Å². The van der Waals surface area contributed by atoms with Crippen LogP contribution in [0.5, 0.6) is 0 Å². The third kappa shape index (κ3) is 6.93. The molecule has 12 heteroatoms. The van der Waals surface area contributed by atoms with Gasteiger partial charge in [0.2, 0.25) is 0 Å². The van der Waals surface area contributed by atoms with E-state index in [0.29, 0.717) is 48.4 Å². The van der Waals surface area contributed by atoms with Gasteiger partial charge in [-0.05, 0) is 62.1 Å². The van der Waals surface area contributed by atoms with E-state index >= 15 is 0 Å². The molecule has 1 fully saturated rings. The minimum absolute atomic E-state index is 0. The zero-order valence-corrected chi connectivity index (χ0v) is 18.2. The summed E-state index contributed by atoms with van der Waals surface area (Å²) in [5, 5.41) is 6.13. The highest BCUT2D eigenvalue weighted by atomic mass is 35.5. The fourth-order valence-corrected chi connectivity index (χ4v) is 3.52. The van der Waals surface area contributed by atoms with Gasteiger partial charge in [0.15, 0.2) is 0 Å². The number of benzene rings is 1. The lowest BCUT2D eigenvalue weighted by Crippen LogP contribution is -2.40. The Morgan fingerprint density at radius 3 is 1.81 bits per heavy atom. The summed E-state index contributed by atoms with van der Waals surface area (Å²) in [6.07, 6.45) is -8.00. The largest absolute Gasteiger partial charge is 0.433 e. The highest BCUT2D eigenvalue weighted by molar-refractivity contribution is 7.59. The van der Waals surface area contributed by atoms with E-state index in [0.717, 1.165) is 0 Å². The van der Waals surface area contributed by atoms with Crippen LogP contribution in [0.15, 0.2) is 36.4 Å². The summed E-state index contributed by atoms with van der Waals surface area (Å²) in [6.45, 7) is 0. The topological polar surface area (TPSA) is 54.0 Å². The third-order valence-electron chi connectivity index (χ3n) is 4.95. The predicted octanol–water partition coefficient (Wildman–Crippen LogP) is 6.04. The van der Waals surface area contributed by atoms with Crippen LogP contribution in [-0.4, -0.2) is 23.0 Å². The number of nitrogens with one attached hydrogen (secondary N) is 2. The minimum atomic E-state index is -5.00. The van der Waals surface area contributed by atoms with Crippen molar-refractivity contribution in [2.24, 2.45) is 0 Å². The number of aromatic nitrogens is 1. The number of amides is 1. The number of hydrogen-bond acceptors (Lipinski definition) is 3. The zero-order chi connectivity index (χ0) is 22.8. The molecule has 2 aromatic rings. The molecule has 3 rings (SSSR count). The minimum Gasteiger partial charge on any atom is -0.382 e. The van der Waals surface area contributed by atoms with Crippen LogP contribution in [-0.2, 0) is 12.4 Å². The van der Waals surface area contributed by atoms with Gasteiger partial charge in [0.1, 0.15) is 11.4 Å². The summed E-state index contributed by atoms with van der Waals surface area (Å²) in [6, 6.07) is 7.04. The predicted molar refractivity (Wildman–Crippen MR) is 113 cm³/mol. The van der Waals surface area contributed by atoms with E-state index in [2.05, 4.69) is 15.6 Å². The maximum absolute atomic E-state index is 12.9. The molecule has 0 radical (unpaired) electrons. The molecule has 1 aromatic heterocycles. The summed E-state index contributed by atoms with van der Waals surface area (Å²) < 4.78 is 77.7. The van der Waals surface area contributed by atoms with Crippen LogP contribution in [0.2, 0.25) is 5.02 Å².